The summed E-state index contributed by atoms with van der Waals surface area (Å²) in [5, 5.41) is 42.1. The SMILES string of the molecule is COC1CC2CCC(=O)[C@@H]([C@H](O)CC[C@@H]3CC[C@@H]4[C@H](CN[C@@H]5CC(=O)CC[C@@H]45)C3)C#C[C@@H](CC[C@H](O)C[C@H](C3CCNC(N)C3)C3CCC4CCCCC4C3)C2CC1O. The molecule has 7 fully saturated rings. The summed E-state index contributed by atoms with van der Waals surface area (Å²) < 4.78 is 5.75. The summed E-state index contributed by atoms with van der Waals surface area (Å²) in [4.78, 5) is 26.0. The molecule has 0 amide bonds. The van der Waals surface area contributed by atoms with Crippen LogP contribution < -0.4 is 16.4 Å². The van der Waals surface area contributed by atoms with Gasteiger partial charge < -0.3 is 36.4 Å². The van der Waals surface area contributed by atoms with E-state index in [0.29, 0.717) is 91.8 Å². The number of Topliss-reactive ketones (excluding diaryl/α,β-unsaturated/α-hetero) is 2. The number of nitrogens with two attached hydrogens (primary N) is 1. The summed E-state index contributed by atoms with van der Waals surface area (Å²) in [7, 11) is 1.67. The standard InChI is InChI=1S/C50H81N3O6/c1-59-49-24-35-12-19-47(57)42(46(56)18-7-30-6-15-40-37(22-30)29-53-45-27-39(55)14-17-41(40)45)16-11-32(44(35)28-48(49)58)10-13-38(54)26-43(36-20-21-52-50(51)25-36)34-9-8-31-4-2-3-5-33(31)23-34/h30-38,40-46,48-50,52-54,56,58H,2-10,12-15,17-29,51H2,1H3/t30-,31?,32+,33?,34?,35?,36?,37-,38-,40+,41-,42+,43-,44?,45+,46+,48?,49?,50?/m0/s1. The van der Waals surface area contributed by atoms with Gasteiger partial charge >= 0.3 is 0 Å². The molecule has 59 heavy (non-hydrogen) atoms. The van der Waals surface area contributed by atoms with E-state index >= 15 is 0 Å². The van der Waals surface area contributed by atoms with E-state index in [-0.39, 0.29) is 35.8 Å². The van der Waals surface area contributed by atoms with Crippen LogP contribution in [0.3, 0.4) is 0 Å². The fourth-order valence-electron chi connectivity index (χ4n) is 15.1. The Labute approximate surface area is 356 Å². The van der Waals surface area contributed by atoms with Gasteiger partial charge in [-0.05, 0) is 181 Å². The Hall–Kier alpha value is -1.38. The van der Waals surface area contributed by atoms with Gasteiger partial charge in [-0.3, -0.25) is 9.59 Å². The van der Waals surface area contributed by atoms with Gasteiger partial charge in [0.1, 0.15) is 17.5 Å². The second-order valence-corrected chi connectivity index (χ2v) is 21.7. The molecular weight excluding hydrogens is 739 g/mol. The van der Waals surface area contributed by atoms with E-state index in [1.807, 2.05) is 0 Å². The van der Waals surface area contributed by atoms with E-state index in [1.165, 1.54) is 57.8 Å². The second kappa shape index (κ2) is 20.4. The van der Waals surface area contributed by atoms with Crippen molar-refractivity contribution in [2.75, 3.05) is 20.2 Å². The van der Waals surface area contributed by atoms with Gasteiger partial charge in [-0.25, -0.2) is 0 Å². The largest absolute Gasteiger partial charge is 0.393 e. The molecule has 5 saturated carbocycles. The van der Waals surface area contributed by atoms with Crippen molar-refractivity contribution in [3.05, 3.63) is 0 Å². The highest BCUT2D eigenvalue weighted by atomic mass is 16.5. The number of ketones is 2. The minimum Gasteiger partial charge on any atom is -0.393 e. The van der Waals surface area contributed by atoms with Crippen molar-refractivity contribution in [2.45, 2.75) is 191 Å². The van der Waals surface area contributed by atoms with Gasteiger partial charge in [-0.15, -0.1) is 0 Å². The average molecular weight is 820 g/mol. The fourth-order valence-corrected chi connectivity index (χ4v) is 15.1. The number of rotatable bonds is 12. The lowest BCUT2D eigenvalue weighted by Gasteiger charge is -2.49. The van der Waals surface area contributed by atoms with Crippen molar-refractivity contribution in [1.82, 2.24) is 10.6 Å². The molecule has 2 saturated heterocycles. The third-order valence-corrected chi connectivity index (χ3v) is 18.4. The van der Waals surface area contributed by atoms with Gasteiger partial charge in [0.05, 0.1) is 30.6 Å². The fraction of sp³-hybridized carbons (Fsp3) is 0.920. The predicted molar refractivity (Wildman–Crippen MR) is 231 cm³/mol. The van der Waals surface area contributed by atoms with E-state index in [4.69, 9.17) is 10.5 Å². The Balaban J connectivity index is 0.921. The van der Waals surface area contributed by atoms with Crippen LogP contribution in [0.15, 0.2) is 0 Å². The van der Waals surface area contributed by atoms with Gasteiger partial charge in [0.2, 0.25) is 0 Å². The van der Waals surface area contributed by atoms with Crippen LogP contribution in [0.5, 0.6) is 0 Å². The van der Waals surface area contributed by atoms with Gasteiger partial charge in [-0.1, -0.05) is 43.9 Å². The van der Waals surface area contributed by atoms with E-state index in [9.17, 15) is 24.9 Å². The van der Waals surface area contributed by atoms with Crippen LogP contribution in [0.4, 0.5) is 0 Å². The van der Waals surface area contributed by atoms with Crippen LogP contribution in [0.2, 0.25) is 0 Å². The summed E-state index contributed by atoms with van der Waals surface area (Å²) in [5.41, 5.74) is 6.49. The number of aliphatic hydroxyl groups excluding tert-OH is 3. The molecule has 2 heterocycles. The van der Waals surface area contributed by atoms with Crippen LogP contribution in [0.1, 0.15) is 154 Å². The van der Waals surface area contributed by atoms with Crippen molar-refractivity contribution in [2.24, 2.45) is 82.7 Å². The first-order valence-electron chi connectivity index (χ1n) is 25.0. The number of piperidine rings is 2. The van der Waals surface area contributed by atoms with E-state index < -0.39 is 24.2 Å². The highest BCUT2D eigenvalue weighted by molar-refractivity contribution is 5.84. The minimum absolute atomic E-state index is 0.0350. The lowest BCUT2D eigenvalue weighted by molar-refractivity contribution is -0.125. The first-order chi connectivity index (χ1) is 28.6. The molecule has 7 N–H and O–H groups in total. The molecular formula is C50H81N3O6. The highest BCUT2D eigenvalue weighted by Crippen LogP contribution is 2.50. The predicted octanol–water partition coefficient (Wildman–Crippen LogP) is 6.54. The number of aliphatic hydroxyl groups is 3. The summed E-state index contributed by atoms with van der Waals surface area (Å²) in [5.74, 6) is 13.0. The topological polar surface area (TPSA) is 154 Å². The van der Waals surface area contributed by atoms with Gasteiger partial charge in [0.25, 0.3) is 0 Å². The average Bonchev–Trinajstić information content (AvgIpc) is 3.30. The molecule has 0 aromatic rings. The zero-order valence-electron chi connectivity index (χ0n) is 36.5. The summed E-state index contributed by atoms with van der Waals surface area (Å²) >= 11 is 0. The smallest absolute Gasteiger partial charge is 0.150 e. The molecule has 332 valence electrons. The Morgan fingerprint density at radius 2 is 1.59 bits per heavy atom. The van der Waals surface area contributed by atoms with Crippen LogP contribution in [0, 0.1) is 88.8 Å². The summed E-state index contributed by atoms with van der Waals surface area (Å²) in [6, 6.07) is 0.366. The molecule has 8 aliphatic rings. The van der Waals surface area contributed by atoms with Crippen molar-refractivity contribution in [3.8, 4) is 11.8 Å². The van der Waals surface area contributed by atoms with E-state index in [0.717, 1.165) is 82.7 Å². The molecule has 19 atom stereocenters. The van der Waals surface area contributed by atoms with E-state index in [2.05, 4.69) is 22.5 Å². The first kappa shape index (κ1) is 44.2. The summed E-state index contributed by atoms with van der Waals surface area (Å²) in [6.45, 7) is 1.95. The number of carbonyl (C=O) groups is 2. The molecule has 0 bridgehead atoms. The number of nitrogens with one attached hydrogen (secondary N) is 2. The number of carbonyl (C=O) groups excluding carboxylic acids is 2. The molecule has 0 spiro atoms. The molecule has 9 heteroatoms. The van der Waals surface area contributed by atoms with Crippen LogP contribution in [-0.4, -0.2) is 83.7 Å². The van der Waals surface area contributed by atoms with Gasteiger partial charge in [0.15, 0.2) is 0 Å². The zero-order valence-corrected chi connectivity index (χ0v) is 36.5. The van der Waals surface area contributed by atoms with E-state index in [1.54, 1.807) is 7.11 Å². The Morgan fingerprint density at radius 3 is 2.42 bits per heavy atom. The number of methoxy groups -OCH3 is 1. The maximum absolute atomic E-state index is 13.9. The van der Waals surface area contributed by atoms with Crippen molar-refractivity contribution in [1.29, 1.82) is 0 Å². The normalized spacial score (nSPS) is 44.4. The second-order valence-electron chi connectivity index (χ2n) is 21.7. The first-order valence-corrected chi connectivity index (χ1v) is 25.0. The lowest BCUT2D eigenvalue weighted by Crippen LogP contribution is -2.54. The van der Waals surface area contributed by atoms with Crippen molar-refractivity contribution < 1.29 is 29.6 Å². The van der Waals surface area contributed by atoms with Crippen molar-refractivity contribution >= 4 is 11.6 Å². The number of hydrogen-bond donors (Lipinski definition) is 6. The minimum atomic E-state index is -0.786. The highest BCUT2D eigenvalue weighted by Gasteiger charge is 2.46. The third-order valence-electron chi connectivity index (χ3n) is 18.4. The molecule has 0 radical (unpaired) electrons. The zero-order chi connectivity index (χ0) is 41.0. The number of hydrogen-bond acceptors (Lipinski definition) is 9. The lowest BCUT2D eigenvalue weighted by atomic mass is 9.61. The molecule has 2 aliphatic heterocycles. The molecule has 9 nitrogen and oxygen atoms in total. The molecule has 6 aliphatic carbocycles. The van der Waals surface area contributed by atoms with Gasteiger partial charge in [0, 0.05) is 38.3 Å². The van der Waals surface area contributed by atoms with Crippen molar-refractivity contribution in [3.63, 3.8) is 0 Å². The summed E-state index contributed by atoms with van der Waals surface area (Å²) in [6.07, 6.45) is 21.8. The number of ether oxygens (including phenoxy) is 1. The van der Waals surface area contributed by atoms with Crippen LogP contribution >= 0.6 is 0 Å². The Morgan fingerprint density at radius 1 is 0.763 bits per heavy atom. The molecule has 0 aromatic heterocycles. The maximum Gasteiger partial charge on any atom is 0.150 e. The van der Waals surface area contributed by atoms with Gasteiger partial charge in [-0.2, -0.15) is 0 Å². The monoisotopic (exact) mass is 820 g/mol. The maximum atomic E-state index is 13.9. The third kappa shape index (κ3) is 10.7. The molecule has 0 aromatic carbocycles. The number of fused-ring (bicyclic) bond motifs is 5. The molecule has 8 rings (SSSR count). The van der Waals surface area contributed by atoms with Crippen LogP contribution in [-0.2, 0) is 14.3 Å². The molecule has 9 unspecified atom stereocenters. The van der Waals surface area contributed by atoms with Crippen LogP contribution in [0.25, 0.3) is 0 Å². The quantitative estimate of drug-likeness (QED) is 0.121. The Bertz CT molecular complexity index is 1470. The Kier molecular flexibility index (Phi) is 15.3.